The van der Waals surface area contributed by atoms with Crippen LogP contribution in [0.1, 0.15) is 12.0 Å². The SMILES string of the molecule is NC(=O)C1CC(c2ccc(-c3ccccc3)nc2)=NO1. The topological polar surface area (TPSA) is 77.6 Å². The van der Waals surface area contributed by atoms with Crippen LogP contribution in [0, 0.1) is 0 Å². The summed E-state index contributed by atoms with van der Waals surface area (Å²) in [5, 5.41) is 3.89. The number of benzene rings is 1. The van der Waals surface area contributed by atoms with E-state index in [0.29, 0.717) is 12.1 Å². The van der Waals surface area contributed by atoms with E-state index in [-0.39, 0.29) is 0 Å². The Bertz CT molecular complexity index is 651. The van der Waals surface area contributed by atoms with Crippen LogP contribution in [0.25, 0.3) is 11.3 Å². The van der Waals surface area contributed by atoms with Gasteiger partial charge in [0.25, 0.3) is 5.91 Å². The number of oxime groups is 1. The number of carbonyl (C=O) groups is 1. The largest absolute Gasteiger partial charge is 0.382 e. The van der Waals surface area contributed by atoms with Gasteiger partial charge < -0.3 is 10.6 Å². The summed E-state index contributed by atoms with van der Waals surface area (Å²) in [4.78, 5) is 20.4. The van der Waals surface area contributed by atoms with Gasteiger partial charge in [-0.05, 0) is 12.1 Å². The molecule has 0 radical (unpaired) electrons. The molecule has 20 heavy (non-hydrogen) atoms. The Morgan fingerprint density at radius 1 is 1.15 bits per heavy atom. The van der Waals surface area contributed by atoms with E-state index < -0.39 is 12.0 Å². The lowest BCUT2D eigenvalue weighted by Crippen LogP contribution is -2.28. The molecule has 0 saturated carbocycles. The third-order valence-electron chi connectivity index (χ3n) is 3.15. The van der Waals surface area contributed by atoms with Crippen LogP contribution in [-0.4, -0.2) is 22.7 Å². The Morgan fingerprint density at radius 3 is 2.55 bits per heavy atom. The first-order valence-electron chi connectivity index (χ1n) is 6.28. The molecule has 0 saturated heterocycles. The van der Waals surface area contributed by atoms with E-state index in [9.17, 15) is 4.79 Å². The molecule has 1 aromatic heterocycles. The predicted molar refractivity (Wildman–Crippen MR) is 74.9 cm³/mol. The molecule has 0 fully saturated rings. The molecule has 1 aliphatic rings. The van der Waals surface area contributed by atoms with E-state index in [1.807, 2.05) is 42.5 Å². The lowest BCUT2D eigenvalue weighted by Gasteiger charge is -2.03. The van der Waals surface area contributed by atoms with E-state index in [0.717, 1.165) is 16.8 Å². The summed E-state index contributed by atoms with van der Waals surface area (Å²) in [5.41, 5.74) is 8.67. The highest BCUT2D eigenvalue weighted by Crippen LogP contribution is 2.19. The summed E-state index contributed by atoms with van der Waals surface area (Å²) in [7, 11) is 0. The third-order valence-corrected chi connectivity index (χ3v) is 3.15. The van der Waals surface area contributed by atoms with Gasteiger partial charge >= 0.3 is 0 Å². The number of aromatic nitrogens is 1. The molecule has 1 aliphatic heterocycles. The molecule has 0 aliphatic carbocycles. The molecule has 1 aromatic carbocycles. The first-order chi connectivity index (χ1) is 9.74. The molecular weight excluding hydrogens is 254 g/mol. The van der Waals surface area contributed by atoms with E-state index in [4.69, 9.17) is 10.6 Å². The minimum Gasteiger partial charge on any atom is -0.382 e. The zero-order valence-electron chi connectivity index (χ0n) is 10.7. The van der Waals surface area contributed by atoms with E-state index in [1.54, 1.807) is 6.20 Å². The Hall–Kier alpha value is -2.69. The normalized spacial score (nSPS) is 17.4. The smallest absolute Gasteiger partial charge is 0.261 e. The molecule has 1 amide bonds. The molecule has 1 atom stereocenters. The second-order valence-electron chi connectivity index (χ2n) is 4.54. The molecule has 1 unspecified atom stereocenters. The monoisotopic (exact) mass is 267 g/mol. The molecule has 3 rings (SSSR count). The van der Waals surface area contributed by atoms with Gasteiger partial charge in [0.1, 0.15) is 0 Å². The number of hydrogen-bond donors (Lipinski definition) is 1. The second kappa shape index (κ2) is 5.13. The summed E-state index contributed by atoms with van der Waals surface area (Å²) >= 11 is 0. The number of rotatable bonds is 3. The van der Waals surface area contributed by atoms with Crippen molar-refractivity contribution in [3.8, 4) is 11.3 Å². The van der Waals surface area contributed by atoms with Crippen molar-refractivity contribution in [2.24, 2.45) is 10.9 Å². The molecule has 2 aromatic rings. The maximum Gasteiger partial charge on any atom is 0.261 e. The first-order valence-corrected chi connectivity index (χ1v) is 6.28. The number of hydrogen-bond acceptors (Lipinski definition) is 4. The number of primary amides is 1. The van der Waals surface area contributed by atoms with Crippen LogP contribution in [0.4, 0.5) is 0 Å². The fourth-order valence-corrected chi connectivity index (χ4v) is 2.04. The van der Waals surface area contributed by atoms with Crippen LogP contribution in [0.2, 0.25) is 0 Å². The minimum absolute atomic E-state index is 0.391. The molecular formula is C15H13N3O2. The third kappa shape index (κ3) is 2.38. The van der Waals surface area contributed by atoms with Crippen molar-refractivity contribution in [1.29, 1.82) is 0 Å². The summed E-state index contributed by atoms with van der Waals surface area (Å²) < 4.78 is 0. The predicted octanol–water partition coefficient (Wildman–Crippen LogP) is 1.73. The highest BCUT2D eigenvalue weighted by molar-refractivity contribution is 6.03. The summed E-state index contributed by atoms with van der Waals surface area (Å²) in [6.45, 7) is 0. The maximum atomic E-state index is 11.0. The van der Waals surface area contributed by atoms with Gasteiger partial charge in [0.05, 0.1) is 11.4 Å². The van der Waals surface area contributed by atoms with Gasteiger partial charge in [-0.3, -0.25) is 9.78 Å². The van der Waals surface area contributed by atoms with Gasteiger partial charge in [-0.15, -0.1) is 0 Å². The number of nitrogens with two attached hydrogens (primary N) is 1. The molecule has 0 spiro atoms. The van der Waals surface area contributed by atoms with Crippen molar-refractivity contribution in [3.63, 3.8) is 0 Å². The van der Waals surface area contributed by atoms with Gasteiger partial charge in [0.2, 0.25) is 6.10 Å². The summed E-state index contributed by atoms with van der Waals surface area (Å²) in [6, 6.07) is 13.7. The van der Waals surface area contributed by atoms with Crippen molar-refractivity contribution < 1.29 is 9.63 Å². The lowest BCUT2D eigenvalue weighted by molar-refractivity contribution is -0.127. The highest BCUT2D eigenvalue weighted by atomic mass is 16.6. The van der Waals surface area contributed by atoms with Crippen LogP contribution in [0.15, 0.2) is 53.8 Å². The van der Waals surface area contributed by atoms with Crippen molar-refractivity contribution in [2.75, 3.05) is 0 Å². The van der Waals surface area contributed by atoms with Gasteiger partial charge in [-0.2, -0.15) is 0 Å². The zero-order chi connectivity index (χ0) is 13.9. The first kappa shape index (κ1) is 12.3. The molecule has 5 nitrogen and oxygen atoms in total. The molecule has 2 heterocycles. The fraction of sp³-hybridized carbons (Fsp3) is 0.133. The van der Waals surface area contributed by atoms with Crippen molar-refractivity contribution in [1.82, 2.24) is 4.98 Å². The number of nitrogens with zero attached hydrogens (tertiary/aromatic N) is 2. The Labute approximate surface area is 116 Å². The van der Waals surface area contributed by atoms with Crippen molar-refractivity contribution >= 4 is 11.6 Å². The Balaban J connectivity index is 1.79. The molecule has 0 bridgehead atoms. The van der Waals surface area contributed by atoms with Crippen molar-refractivity contribution in [3.05, 3.63) is 54.2 Å². The van der Waals surface area contributed by atoms with Gasteiger partial charge in [0.15, 0.2) is 0 Å². The Morgan fingerprint density at radius 2 is 1.95 bits per heavy atom. The Kier molecular flexibility index (Phi) is 3.16. The number of amides is 1. The zero-order valence-corrected chi connectivity index (χ0v) is 10.7. The van der Waals surface area contributed by atoms with Crippen LogP contribution >= 0.6 is 0 Å². The van der Waals surface area contributed by atoms with Crippen LogP contribution in [-0.2, 0) is 9.63 Å². The highest BCUT2D eigenvalue weighted by Gasteiger charge is 2.26. The quantitative estimate of drug-likeness (QED) is 0.919. The molecule has 2 N–H and O–H groups in total. The van der Waals surface area contributed by atoms with Gasteiger partial charge in [0, 0.05) is 23.7 Å². The van der Waals surface area contributed by atoms with Crippen molar-refractivity contribution in [2.45, 2.75) is 12.5 Å². The maximum absolute atomic E-state index is 11.0. The average Bonchev–Trinajstić information content (AvgIpc) is 2.98. The van der Waals surface area contributed by atoms with Crippen LogP contribution in [0.5, 0.6) is 0 Å². The molecule has 5 heteroatoms. The number of carbonyl (C=O) groups excluding carboxylic acids is 1. The average molecular weight is 267 g/mol. The van der Waals surface area contributed by atoms with Gasteiger partial charge in [-0.1, -0.05) is 35.5 Å². The van der Waals surface area contributed by atoms with Crippen LogP contribution in [0.3, 0.4) is 0 Å². The standard InChI is InChI=1S/C15H13N3O2/c16-15(19)14-8-13(18-20-14)11-6-7-12(17-9-11)10-4-2-1-3-5-10/h1-7,9,14H,8H2,(H2,16,19). The van der Waals surface area contributed by atoms with E-state index in [2.05, 4.69) is 10.1 Å². The number of pyridine rings is 1. The fourth-order valence-electron chi connectivity index (χ4n) is 2.04. The summed E-state index contributed by atoms with van der Waals surface area (Å²) in [6.07, 6.45) is 1.45. The second-order valence-corrected chi connectivity index (χ2v) is 4.54. The van der Waals surface area contributed by atoms with Crippen LogP contribution < -0.4 is 5.73 Å². The van der Waals surface area contributed by atoms with Gasteiger partial charge in [-0.25, -0.2) is 0 Å². The van der Waals surface area contributed by atoms with E-state index in [1.165, 1.54) is 0 Å². The molecule has 100 valence electrons. The van der Waals surface area contributed by atoms with E-state index >= 15 is 0 Å². The lowest BCUT2D eigenvalue weighted by atomic mass is 10.1. The summed E-state index contributed by atoms with van der Waals surface area (Å²) in [5.74, 6) is -0.502. The minimum atomic E-state index is -0.668.